The molecule has 140 valence electrons. The van der Waals surface area contributed by atoms with Crippen LogP contribution in [0.4, 0.5) is 0 Å². The van der Waals surface area contributed by atoms with E-state index in [1.54, 1.807) is 0 Å². The quantitative estimate of drug-likeness (QED) is 0.251. The molecule has 2 nitrogen and oxygen atoms in total. The van der Waals surface area contributed by atoms with Crippen molar-refractivity contribution in [3.8, 4) is 0 Å². The van der Waals surface area contributed by atoms with Gasteiger partial charge in [0.25, 0.3) is 0 Å². The molecule has 3 heteroatoms. The Labute approximate surface area is 148 Å². The lowest BCUT2D eigenvalue weighted by atomic mass is 9.83. The minimum Gasteiger partial charge on any atom is -0.394 e. The van der Waals surface area contributed by atoms with Crippen LogP contribution in [0.15, 0.2) is 0 Å². The predicted octanol–water partition coefficient (Wildman–Crippen LogP) is 6.93. The van der Waals surface area contributed by atoms with E-state index in [9.17, 15) is 0 Å². The minimum absolute atomic E-state index is 0.146. The zero-order valence-corrected chi connectivity index (χ0v) is 18.3. The van der Waals surface area contributed by atoms with Gasteiger partial charge in [0.15, 0.2) is 0 Å². The maximum Gasteiger partial charge on any atom is 0.344 e. The van der Waals surface area contributed by atoms with Crippen LogP contribution in [0.5, 0.6) is 0 Å². The summed E-state index contributed by atoms with van der Waals surface area (Å²) in [6.45, 7) is 20.0. The zero-order chi connectivity index (χ0) is 17.9. The van der Waals surface area contributed by atoms with Crippen LogP contribution in [0.3, 0.4) is 0 Å². The summed E-state index contributed by atoms with van der Waals surface area (Å²) in [7, 11) is -2.23. The summed E-state index contributed by atoms with van der Waals surface area (Å²) in [6, 6.07) is 1.15. The van der Waals surface area contributed by atoms with Crippen molar-refractivity contribution in [3.63, 3.8) is 0 Å². The molecule has 0 aromatic carbocycles. The van der Waals surface area contributed by atoms with Crippen molar-refractivity contribution >= 4 is 8.56 Å². The van der Waals surface area contributed by atoms with Gasteiger partial charge in [-0.25, -0.2) is 0 Å². The third kappa shape index (κ3) is 6.51. The summed E-state index contributed by atoms with van der Waals surface area (Å²) < 4.78 is 13.0. The Morgan fingerprint density at radius 2 is 1.35 bits per heavy atom. The van der Waals surface area contributed by atoms with Crippen LogP contribution < -0.4 is 0 Å². The highest BCUT2D eigenvalue weighted by molar-refractivity contribution is 6.70. The van der Waals surface area contributed by atoms with Crippen molar-refractivity contribution in [3.05, 3.63) is 0 Å². The van der Waals surface area contributed by atoms with Crippen molar-refractivity contribution in [2.45, 2.75) is 105 Å². The van der Waals surface area contributed by atoms with Crippen LogP contribution in [0.25, 0.3) is 0 Å². The number of rotatable bonds is 14. The van der Waals surface area contributed by atoms with Gasteiger partial charge in [-0.2, -0.15) is 0 Å². The lowest BCUT2D eigenvalue weighted by Gasteiger charge is -2.48. The van der Waals surface area contributed by atoms with E-state index >= 15 is 0 Å². The molecule has 1 atom stereocenters. The fourth-order valence-corrected chi connectivity index (χ4v) is 8.92. The molecule has 0 rings (SSSR count). The monoisotopic (exact) mass is 344 g/mol. The summed E-state index contributed by atoms with van der Waals surface area (Å²) in [5, 5.41) is 0.146. The summed E-state index contributed by atoms with van der Waals surface area (Å²) in [6.07, 6.45) is 7.78. The second-order valence-electron chi connectivity index (χ2n) is 7.76. The van der Waals surface area contributed by atoms with Gasteiger partial charge in [-0.1, -0.05) is 80.1 Å². The molecule has 0 aromatic heterocycles. The van der Waals surface area contributed by atoms with Gasteiger partial charge < -0.3 is 8.85 Å². The van der Waals surface area contributed by atoms with Gasteiger partial charge in [-0.15, -0.1) is 0 Å². The Balaban J connectivity index is 5.27. The van der Waals surface area contributed by atoms with Gasteiger partial charge in [0, 0.05) is 18.3 Å². The van der Waals surface area contributed by atoms with Crippen molar-refractivity contribution in [1.29, 1.82) is 0 Å². The first kappa shape index (κ1) is 23.1. The number of hydrogen-bond donors (Lipinski definition) is 0. The van der Waals surface area contributed by atoms with E-state index in [1.807, 2.05) is 0 Å². The maximum atomic E-state index is 6.49. The lowest BCUT2D eigenvalue weighted by Crippen LogP contribution is -2.55. The predicted molar refractivity (Wildman–Crippen MR) is 105 cm³/mol. The molecule has 0 aliphatic heterocycles. The van der Waals surface area contributed by atoms with E-state index < -0.39 is 8.56 Å². The molecule has 0 N–H and O–H groups in total. The highest BCUT2D eigenvalue weighted by Crippen LogP contribution is 2.52. The van der Waals surface area contributed by atoms with Crippen molar-refractivity contribution in [1.82, 2.24) is 0 Å². The van der Waals surface area contributed by atoms with E-state index in [-0.39, 0.29) is 5.04 Å². The van der Waals surface area contributed by atoms with E-state index in [4.69, 9.17) is 8.85 Å². The number of unbranched alkanes of at least 4 members (excludes halogenated alkanes) is 4. The van der Waals surface area contributed by atoms with Crippen LogP contribution in [0.2, 0.25) is 11.1 Å². The van der Waals surface area contributed by atoms with Gasteiger partial charge in [0.05, 0.1) is 0 Å². The topological polar surface area (TPSA) is 18.5 Å². The molecule has 1 unspecified atom stereocenters. The third-order valence-electron chi connectivity index (χ3n) is 5.52. The zero-order valence-electron chi connectivity index (χ0n) is 17.3. The second kappa shape index (κ2) is 11.6. The fourth-order valence-electron chi connectivity index (χ4n) is 4.41. The van der Waals surface area contributed by atoms with Crippen LogP contribution >= 0.6 is 0 Å². The third-order valence-corrected chi connectivity index (χ3v) is 10.4. The van der Waals surface area contributed by atoms with Crippen LogP contribution in [-0.2, 0) is 8.85 Å². The molecule has 0 aliphatic rings. The Hall–Kier alpha value is 0.137. The summed E-state index contributed by atoms with van der Waals surface area (Å²) in [4.78, 5) is 0. The van der Waals surface area contributed by atoms with Crippen LogP contribution in [0, 0.1) is 11.8 Å². The Kier molecular flexibility index (Phi) is 11.7. The van der Waals surface area contributed by atoms with E-state index in [2.05, 4.69) is 55.4 Å². The molecule has 0 bridgehead atoms. The van der Waals surface area contributed by atoms with Gasteiger partial charge in [0.2, 0.25) is 0 Å². The first-order valence-corrected chi connectivity index (χ1v) is 12.1. The fraction of sp³-hybridized carbons (Fsp3) is 1.00. The van der Waals surface area contributed by atoms with E-state index in [1.165, 1.54) is 38.5 Å². The molecular weight excluding hydrogens is 300 g/mol. The summed E-state index contributed by atoms with van der Waals surface area (Å²) >= 11 is 0. The molecule has 0 fully saturated rings. The molecule has 0 radical (unpaired) electrons. The molecule has 0 saturated carbocycles. The molecule has 23 heavy (non-hydrogen) atoms. The SMILES string of the molecule is CCCCCCC[Si](OCC)(OCC)C(C)(C)C(CC)C(C)C. The van der Waals surface area contributed by atoms with Crippen molar-refractivity contribution in [2.75, 3.05) is 13.2 Å². The summed E-state index contributed by atoms with van der Waals surface area (Å²) in [5.41, 5.74) is 0. The largest absolute Gasteiger partial charge is 0.394 e. The maximum absolute atomic E-state index is 6.49. The molecule has 0 heterocycles. The van der Waals surface area contributed by atoms with Crippen LogP contribution in [0.1, 0.15) is 93.9 Å². The Morgan fingerprint density at radius 1 is 0.826 bits per heavy atom. The molecule has 0 aliphatic carbocycles. The van der Waals surface area contributed by atoms with E-state index in [0.717, 1.165) is 19.3 Å². The van der Waals surface area contributed by atoms with Crippen molar-refractivity contribution in [2.24, 2.45) is 11.8 Å². The highest BCUT2D eigenvalue weighted by atomic mass is 28.4. The Morgan fingerprint density at radius 3 is 1.74 bits per heavy atom. The lowest BCUT2D eigenvalue weighted by molar-refractivity contribution is 0.125. The standard InChI is InChI=1S/C20H44O2Si/c1-9-13-14-15-16-17-23(21-11-3,22-12-4)20(7,8)19(10-2)18(5)6/h18-19H,9-17H2,1-8H3. The first-order valence-electron chi connectivity index (χ1n) is 10.1. The minimum atomic E-state index is -2.23. The molecule has 0 aromatic rings. The average Bonchev–Trinajstić information content (AvgIpc) is 2.47. The molecule has 0 amide bonds. The average molecular weight is 345 g/mol. The van der Waals surface area contributed by atoms with Gasteiger partial charge >= 0.3 is 8.56 Å². The first-order chi connectivity index (χ1) is 10.8. The smallest absolute Gasteiger partial charge is 0.344 e. The van der Waals surface area contributed by atoms with Crippen molar-refractivity contribution < 1.29 is 8.85 Å². The van der Waals surface area contributed by atoms with Gasteiger partial charge in [0.1, 0.15) is 0 Å². The molecule has 0 saturated heterocycles. The molecule has 0 spiro atoms. The second-order valence-corrected chi connectivity index (χ2v) is 11.6. The van der Waals surface area contributed by atoms with E-state index in [0.29, 0.717) is 11.8 Å². The Bertz CT molecular complexity index is 283. The highest BCUT2D eigenvalue weighted by Gasteiger charge is 2.55. The van der Waals surface area contributed by atoms with Gasteiger partial charge in [-0.3, -0.25) is 0 Å². The normalized spacial score (nSPS) is 14.5. The molecular formula is C20H44O2Si. The van der Waals surface area contributed by atoms with Crippen LogP contribution in [-0.4, -0.2) is 21.8 Å². The number of hydrogen-bond acceptors (Lipinski definition) is 2. The van der Waals surface area contributed by atoms with Gasteiger partial charge in [-0.05, 0) is 31.7 Å². The summed E-state index contributed by atoms with van der Waals surface area (Å²) in [5.74, 6) is 1.32.